The molecule has 0 aliphatic rings. The van der Waals surface area contributed by atoms with Crippen molar-refractivity contribution in [2.45, 2.75) is 12.4 Å². The second-order valence-electron chi connectivity index (χ2n) is 2.01. The van der Waals surface area contributed by atoms with E-state index in [0.717, 1.165) is 11.3 Å². The molecular formula is C7H10O2S. The van der Waals surface area contributed by atoms with Gasteiger partial charge in [-0.15, -0.1) is 0 Å². The van der Waals surface area contributed by atoms with Crippen LogP contribution in [-0.2, 0) is 12.4 Å². The predicted molar refractivity (Wildman–Crippen MR) is 41.8 cm³/mol. The van der Waals surface area contributed by atoms with E-state index in [9.17, 15) is 0 Å². The number of rotatable bonds is 3. The Bertz CT molecular complexity index is 195. The van der Waals surface area contributed by atoms with E-state index < -0.39 is 0 Å². The van der Waals surface area contributed by atoms with Crippen molar-refractivity contribution in [3.8, 4) is 0 Å². The lowest BCUT2D eigenvalue weighted by Gasteiger charge is -1.85. The molecule has 3 heteroatoms. The number of thioether (sulfide) groups is 1. The Balaban J connectivity index is 2.59. The first-order valence-electron chi connectivity index (χ1n) is 3.03. The van der Waals surface area contributed by atoms with Crippen molar-refractivity contribution in [2.75, 3.05) is 6.26 Å². The molecule has 1 N–H and O–H groups in total. The van der Waals surface area contributed by atoms with Crippen LogP contribution >= 0.6 is 11.8 Å². The molecular weight excluding hydrogens is 148 g/mol. The fourth-order valence-electron chi connectivity index (χ4n) is 0.751. The van der Waals surface area contributed by atoms with E-state index in [0.29, 0.717) is 5.76 Å². The van der Waals surface area contributed by atoms with Crippen LogP contribution in [0.1, 0.15) is 11.3 Å². The standard InChI is InChI=1S/C7H10O2S/c1-10-5-6-2-7(3-8)9-4-6/h2,4,8H,3,5H2,1H3. The molecule has 0 bridgehead atoms. The third kappa shape index (κ3) is 1.78. The predicted octanol–water partition coefficient (Wildman–Crippen LogP) is 1.63. The van der Waals surface area contributed by atoms with Crippen molar-refractivity contribution < 1.29 is 9.52 Å². The van der Waals surface area contributed by atoms with E-state index >= 15 is 0 Å². The normalized spacial score (nSPS) is 10.2. The molecule has 1 aromatic heterocycles. The zero-order valence-electron chi connectivity index (χ0n) is 5.83. The molecule has 0 aliphatic heterocycles. The molecule has 0 amide bonds. The fourth-order valence-corrected chi connectivity index (χ4v) is 1.24. The van der Waals surface area contributed by atoms with Gasteiger partial charge in [0.1, 0.15) is 12.4 Å². The van der Waals surface area contributed by atoms with Gasteiger partial charge in [0.2, 0.25) is 0 Å². The van der Waals surface area contributed by atoms with Crippen LogP contribution in [0.4, 0.5) is 0 Å². The van der Waals surface area contributed by atoms with E-state index in [4.69, 9.17) is 9.52 Å². The topological polar surface area (TPSA) is 33.4 Å². The molecule has 0 radical (unpaired) electrons. The van der Waals surface area contributed by atoms with Crippen LogP contribution in [0.3, 0.4) is 0 Å². The second kappa shape index (κ2) is 3.68. The summed E-state index contributed by atoms with van der Waals surface area (Å²) in [5.74, 6) is 1.59. The summed E-state index contributed by atoms with van der Waals surface area (Å²) < 4.78 is 5.00. The minimum absolute atomic E-state index is 0.00557. The third-order valence-corrected chi connectivity index (χ3v) is 1.80. The van der Waals surface area contributed by atoms with Crippen molar-refractivity contribution in [1.29, 1.82) is 0 Å². The number of furan rings is 1. The molecule has 56 valence electrons. The lowest BCUT2D eigenvalue weighted by molar-refractivity contribution is 0.247. The molecule has 0 aromatic carbocycles. The maximum atomic E-state index is 8.62. The number of aliphatic hydroxyl groups is 1. The SMILES string of the molecule is CSCc1coc(CO)c1. The van der Waals surface area contributed by atoms with Crippen molar-refractivity contribution >= 4 is 11.8 Å². The Hall–Kier alpha value is -0.410. The lowest BCUT2D eigenvalue weighted by atomic mass is 10.3. The van der Waals surface area contributed by atoms with Crippen LogP contribution in [0.5, 0.6) is 0 Å². The van der Waals surface area contributed by atoms with Crippen LogP contribution < -0.4 is 0 Å². The highest BCUT2D eigenvalue weighted by atomic mass is 32.2. The maximum Gasteiger partial charge on any atom is 0.129 e. The van der Waals surface area contributed by atoms with E-state index in [1.165, 1.54) is 0 Å². The van der Waals surface area contributed by atoms with Crippen LogP contribution in [0, 0.1) is 0 Å². The molecule has 0 spiro atoms. The first-order chi connectivity index (χ1) is 4.86. The van der Waals surface area contributed by atoms with Crippen molar-refractivity contribution in [3.63, 3.8) is 0 Å². The first kappa shape index (κ1) is 7.69. The van der Waals surface area contributed by atoms with Gasteiger partial charge in [0.25, 0.3) is 0 Å². The summed E-state index contributed by atoms with van der Waals surface area (Å²) in [4.78, 5) is 0. The Kier molecular flexibility index (Phi) is 2.83. The highest BCUT2D eigenvalue weighted by Crippen LogP contribution is 2.12. The van der Waals surface area contributed by atoms with Crippen LogP contribution in [0.2, 0.25) is 0 Å². The molecule has 10 heavy (non-hydrogen) atoms. The highest BCUT2D eigenvalue weighted by Gasteiger charge is 1.97. The van der Waals surface area contributed by atoms with Gasteiger partial charge < -0.3 is 9.52 Å². The third-order valence-electron chi connectivity index (χ3n) is 1.17. The summed E-state index contributed by atoms with van der Waals surface area (Å²) in [6.45, 7) is -0.00557. The van der Waals surface area contributed by atoms with Gasteiger partial charge in [-0.05, 0) is 12.3 Å². The minimum atomic E-state index is -0.00557. The van der Waals surface area contributed by atoms with Crippen molar-refractivity contribution in [2.24, 2.45) is 0 Å². The highest BCUT2D eigenvalue weighted by molar-refractivity contribution is 7.97. The second-order valence-corrected chi connectivity index (χ2v) is 2.88. The van der Waals surface area contributed by atoms with Crippen LogP contribution in [0.25, 0.3) is 0 Å². The molecule has 0 saturated carbocycles. The lowest BCUT2D eigenvalue weighted by Crippen LogP contribution is -1.75. The Morgan fingerprint density at radius 2 is 2.50 bits per heavy atom. The summed E-state index contributed by atoms with van der Waals surface area (Å²) in [5.41, 5.74) is 1.14. The average Bonchev–Trinajstić information content (AvgIpc) is 2.37. The van der Waals surface area contributed by atoms with Gasteiger partial charge in [0.15, 0.2) is 0 Å². The summed E-state index contributed by atoms with van der Waals surface area (Å²) >= 11 is 1.74. The molecule has 1 aromatic rings. The number of hydrogen-bond donors (Lipinski definition) is 1. The molecule has 0 unspecified atom stereocenters. The molecule has 0 fully saturated rings. The molecule has 1 heterocycles. The van der Waals surface area contributed by atoms with Crippen molar-refractivity contribution in [1.82, 2.24) is 0 Å². The van der Waals surface area contributed by atoms with Crippen molar-refractivity contribution in [3.05, 3.63) is 23.7 Å². The summed E-state index contributed by atoms with van der Waals surface area (Å²) in [6.07, 6.45) is 3.72. The Morgan fingerprint density at radius 1 is 1.70 bits per heavy atom. The van der Waals surface area contributed by atoms with Gasteiger partial charge in [-0.1, -0.05) is 0 Å². The van der Waals surface area contributed by atoms with Crippen LogP contribution in [0.15, 0.2) is 16.7 Å². The zero-order valence-corrected chi connectivity index (χ0v) is 6.65. The number of aliphatic hydroxyl groups excluding tert-OH is 1. The minimum Gasteiger partial charge on any atom is -0.467 e. The van der Waals surface area contributed by atoms with E-state index in [-0.39, 0.29) is 6.61 Å². The monoisotopic (exact) mass is 158 g/mol. The summed E-state index contributed by atoms with van der Waals surface area (Å²) in [6, 6.07) is 1.87. The number of hydrogen-bond acceptors (Lipinski definition) is 3. The van der Waals surface area contributed by atoms with E-state index in [1.807, 2.05) is 12.3 Å². The largest absolute Gasteiger partial charge is 0.467 e. The van der Waals surface area contributed by atoms with E-state index in [1.54, 1.807) is 18.0 Å². The molecule has 0 atom stereocenters. The summed E-state index contributed by atoms with van der Waals surface area (Å²) in [7, 11) is 0. The molecule has 0 aliphatic carbocycles. The van der Waals surface area contributed by atoms with Gasteiger partial charge in [0, 0.05) is 11.3 Å². The first-order valence-corrected chi connectivity index (χ1v) is 4.42. The molecule has 1 rings (SSSR count). The Morgan fingerprint density at radius 3 is 3.00 bits per heavy atom. The van der Waals surface area contributed by atoms with Gasteiger partial charge in [-0.2, -0.15) is 11.8 Å². The quantitative estimate of drug-likeness (QED) is 0.726. The smallest absolute Gasteiger partial charge is 0.129 e. The van der Waals surface area contributed by atoms with Gasteiger partial charge in [0.05, 0.1) is 6.26 Å². The van der Waals surface area contributed by atoms with Crippen LogP contribution in [-0.4, -0.2) is 11.4 Å². The van der Waals surface area contributed by atoms with Gasteiger partial charge in [-0.3, -0.25) is 0 Å². The molecule has 0 saturated heterocycles. The zero-order chi connectivity index (χ0) is 7.40. The summed E-state index contributed by atoms with van der Waals surface area (Å²) in [5, 5.41) is 8.62. The average molecular weight is 158 g/mol. The van der Waals surface area contributed by atoms with E-state index in [2.05, 4.69) is 0 Å². The Labute approximate surface area is 64.2 Å². The maximum absolute atomic E-state index is 8.62. The fraction of sp³-hybridized carbons (Fsp3) is 0.429. The van der Waals surface area contributed by atoms with Gasteiger partial charge in [-0.25, -0.2) is 0 Å². The van der Waals surface area contributed by atoms with Gasteiger partial charge >= 0.3 is 0 Å². The molecule has 2 nitrogen and oxygen atoms in total.